The number of rotatable bonds is 6. The van der Waals surface area contributed by atoms with Gasteiger partial charge in [0.05, 0.1) is 17.5 Å². The largest absolute Gasteiger partial charge is 0.346 e. The number of imide groups is 1. The van der Waals surface area contributed by atoms with Crippen LogP contribution in [0.3, 0.4) is 0 Å². The van der Waals surface area contributed by atoms with Crippen molar-refractivity contribution in [2.45, 2.75) is 37.2 Å². The van der Waals surface area contributed by atoms with Crippen molar-refractivity contribution in [3.63, 3.8) is 0 Å². The first-order valence-electron chi connectivity index (χ1n) is 9.01. The summed E-state index contributed by atoms with van der Waals surface area (Å²) in [7, 11) is -3.76. The van der Waals surface area contributed by atoms with Gasteiger partial charge in [0.25, 0.3) is 5.91 Å². The maximum atomic E-state index is 12.5. The Morgan fingerprint density at radius 3 is 2.10 bits per heavy atom. The van der Waals surface area contributed by atoms with E-state index < -0.39 is 10.0 Å². The van der Waals surface area contributed by atoms with Crippen LogP contribution in [0.1, 0.15) is 47.3 Å². The van der Waals surface area contributed by atoms with Crippen molar-refractivity contribution in [2.75, 3.05) is 0 Å². The molecule has 0 spiro atoms. The van der Waals surface area contributed by atoms with Crippen molar-refractivity contribution >= 4 is 27.7 Å². The predicted molar refractivity (Wildman–Crippen MR) is 105 cm³/mol. The Labute approximate surface area is 168 Å². The summed E-state index contributed by atoms with van der Waals surface area (Å²) in [5.41, 5.74) is 1.92. The number of carbonyl (C=O) groups is 3. The average molecular weight is 415 g/mol. The van der Waals surface area contributed by atoms with Crippen LogP contribution >= 0.6 is 0 Å². The lowest BCUT2D eigenvalue weighted by molar-refractivity contribution is -0.139. The van der Waals surface area contributed by atoms with Crippen LogP contribution in [0.4, 0.5) is 0 Å². The van der Waals surface area contributed by atoms with E-state index in [0.717, 1.165) is 11.1 Å². The number of nitrogens with two attached hydrogens (primary N) is 1. The lowest BCUT2D eigenvalue weighted by Gasteiger charge is -2.16. The molecule has 0 bridgehead atoms. The van der Waals surface area contributed by atoms with Gasteiger partial charge in [-0.2, -0.15) is 0 Å². The van der Waals surface area contributed by atoms with E-state index in [1.165, 1.54) is 17.0 Å². The number of primary sulfonamides is 1. The Kier molecular flexibility index (Phi) is 5.81. The van der Waals surface area contributed by atoms with Gasteiger partial charge in [-0.1, -0.05) is 24.3 Å². The molecule has 3 N–H and O–H groups in total. The number of hydrogen-bond acceptors (Lipinski definition) is 5. The highest BCUT2D eigenvalue weighted by atomic mass is 32.2. The average Bonchev–Trinajstić information content (AvgIpc) is 3.00. The lowest BCUT2D eigenvalue weighted by Crippen LogP contribution is -2.28. The van der Waals surface area contributed by atoms with Crippen molar-refractivity contribution in [3.8, 4) is 0 Å². The van der Waals surface area contributed by atoms with E-state index in [2.05, 4.69) is 5.32 Å². The third kappa shape index (κ3) is 4.87. The quantitative estimate of drug-likeness (QED) is 0.691. The van der Waals surface area contributed by atoms with Crippen LogP contribution in [0.25, 0.3) is 0 Å². The molecule has 29 heavy (non-hydrogen) atoms. The van der Waals surface area contributed by atoms with E-state index in [9.17, 15) is 22.8 Å². The number of nitrogens with one attached hydrogen (secondary N) is 1. The number of likely N-dealkylation sites (tertiary alicyclic amines) is 1. The number of sulfonamides is 1. The second-order valence-corrected chi connectivity index (χ2v) is 8.44. The summed E-state index contributed by atoms with van der Waals surface area (Å²) in [5.74, 6) is -0.661. The minimum atomic E-state index is -3.76. The van der Waals surface area contributed by atoms with E-state index in [1.54, 1.807) is 43.3 Å². The van der Waals surface area contributed by atoms with Gasteiger partial charge in [-0.15, -0.1) is 0 Å². The summed E-state index contributed by atoms with van der Waals surface area (Å²) >= 11 is 0. The summed E-state index contributed by atoms with van der Waals surface area (Å²) in [6.45, 7) is 1.98. The third-order valence-corrected chi connectivity index (χ3v) is 5.70. The Bertz CT molecular complexity index is 1030. The molecule has 0 aromatic heterocycles. The van der Waals surface area contributed by atoms with Gasteiger partial charge in [-0.05, 0) is 42.3 Å². The second-order valence-electron chi connectivity index (χ2n) is 6.88. The van der Waals surface area contributed by atoms with Gasteiger partial charge in [0.2, 0.25) is 21.8 Å². The van der Waals surface area contributed by atoms with Crippen LogP contribution in [-0.2, 0) is 26.2 Å². The van der Waals surface area contributed by atoms with Crippen LogP contribution in [0.15, 0.2) is 53.4 Å². The highest BCUT2D eigenvalue weighted by Gasteiger charge is 2.28. The Morgan fingerprint density at radius 2 is 1.59 bits per heavy atom. The van der Waals surface area contributed by atoms with Crippen LogP contribution in [0.5, 0.6) is 0 Å². The molecule has 152 valence electrons. The first kappa shape index (κ1) is 20.7. The smallest absolute Gasteiger partial charge is 0.251 e. The summed E-state index contributed by atoms with van der Waals surface area (Å²) in [6.07, 6.45) is 0.491. The van der Waals surface area contributed by atoms with Crippen LogP contribution in [0.2, 0.25) is 0 Å². The number of carbonyl (C=O) groups excluding carboxylic acids is 3. The summed E-state index contributed by atoms with van der Waals surface area (Å²) < 4.78 is 22.6. The molecule has 8 nitrogen and oxygen atoms in total. The Hall–Kier alpha value is -3.04. The van der Waals surface area contributed by atoms with Crippen molar-refractivity contribution in [2.24, 2.45) is 5.14 Å². The monoisotopic (exact) mass is 415 g/mol. The van der Waals surface area contributed by atoms with Gasteiger partial charge in [0, 0.05) is 18.4 Å². The fourth-order valence-electron chi connectivity index (χ4n) is 3.05. The number of nitrogens with zero attached hydrogens (tertiary/aromatic N) is 1. The molecular weight excluding hydrogens is 394 g/mol. The van der Waals surface area contributed by atoms with Crippen LogP contribution in [-0.4, -0.2) is 31.0 Å². The summed E-state index contributed by atoms with van der Waals surface area (Å²) in [6, 6.07) is 12.3. The molecule has 1 aliphatic rings. The van der Waals surface area contributed by atoms with Crippen LogP contribution < -0.4 is 10.5 Å². The second kappa shape index (κ2) is 8.14. The maximum Gasteiger partial charge on any atom is 0.251 e. The molecule has 2 aromatic carbocycles. The first-order valence-corrected chi connectivity index (χ1v) is 10.6. The highest BCUT2D eigenvalue weighted by Crippen LogP contribution is 2.18. The van der Waals surface area contributed by atoms with E-state index >= 15 is 0 Å². The SMILES string of the molecule is CC(NC(=O)c1ccc(CN2C(=O)CCC2=O)cc1)c1ccc(S(N)(=O)=O)cc1. The Balaban J connectivity index is 1.63. The topological polar surface area (TPSA) is 127 Å². The number of hydrogen-bond donors (Lipinski definition) is 2. The summed E-state index contributed by atoms with van der Waals surface area (Å²) in [4.78, 5) is 37.1. The molecule has 1 aliphatic heterocycles. The van der Waals surface area contributed by atoms with Gasteiger partial charge in [0.1, 0.15) is 0 Å². The van der Waals surface area contributed by atoms with Gasteiger partial charge in [-0.3, -0.25) is 19.3 Å². The molecule has 2 aromatic rings. The lowest BCUT2D eigenvalue weighted by atomic mass is 10.1. The molecule has 1 saturated heterocycles. The van der Waals surface area contributed by atoms with Crippen molar-refractivity contribution in [1.82, 2.24) is 10.2 Å². The molecule has 1 heterocycles. The zero-order valence-corrected chi connectivity index (χ0v) is 16.6. The molecule has 3 rings (SSSR count). The van der Waals surface area contributed by atoms with E-state index in [1.807, 2.05) is 0 Å². The highest BCUT2D eigenvalue weighted by molar-refractivity contribution is 7.89. The molecule has 0 radical (unpaired) electrons. The molecule has 1 atom stereocenters. The number of amides is 3. The molecule has 9 heteroatoms. The maximum absolute atomic E-state index is 12.5. The fraction of sp³-hybridized carbons (Fsp3) is 0.250. The normalized spacial score (nSPS) is 15.4. The van der Waals surface area contributed by atoms with Gasteiger partial charge < -0.3 is 5.32 Å². The van der Waals surface area contributed by atoms with E-state index in [0.29, 0.717) is 5.56 Å². The molecule has 0 aliphatic carbocycles. The molecule has 1 unspecified atom stereocenters. The zero-order valence-electron chi connectivity index (χ0n) is 15.8. The first-order chi connectivity index (χ1) is 13.6. The standard InChI is InChI=1S/C20H21N3O5S/c1-13(15-6-8-17(9-7-15)29(21,27)28)22-20(26)16-4-2-14(3-5-16)12-23-18(24)10-11-19(23)25/h2-9,13H,10-12H2,1H3,(H,22,26)(H2,21,27,28). The van der Waals surface area contributed by atoms with E-state index in [4.69, 9.17) is 5.14 Å². The fourth-order valence-corrected chi connectivity index (χ4v) is 3.57. The predicted octanol–water partition coefficient (Wildman–Crippen LogP) is 1.47. The minimum Gasteiger partial charge on any atom is -0.346 e. The molecule has 0 saturated carbocycles. The third-order valence-electron chi connectivity index (χ3n) is 4.77. The molecule has 1 fully saturated rings. The van der Waals surface area contributed by atoms with Crippen molar-refractivity contribution in [3.05, 3.63) is 65.2 Å². The Morgan fingerprint density at radius 1 is 1.03 bits per heavy atom. The summed E-state index contributed by atoms with van der Waals surface area (Å²) in [5, 5.41) is 7.92. The van der Waals surface area contributed by atoms with Gasteiger partial charge >= 0.3 is 0 Å². The number of benzene rings is 2. The van der Waals surface area contributed by atoms with Gasteiger partial charge in [-0.25, -0.2) is 13.6 Å². The molecular formula is C20H21N3O5S. The molecule has 3 amide bonds. The van der Waals surface area contributed by atoms with Crippen molar-refractivity contribution < 1.29 is 22.8 Å². The van der Waals surface area contributed by atoms with Gasteiger partial charge in [0.15, 0.2) is 0 Å². The van der Waals surface area contributed by atoms with Crippen molar-refractivity contribution in [1.29, 1.82) is 0 Å². The zero-order chi connectivity index (χ0) is 21.2. The minimum absolute atomic E-state index is 0.00494. The van der Waals surface area contributed by atoms with Crippen LogP contribution in [0, 0.1) is 0 Å². The van der Waals surface area contributed by atoms with E-state index in [-0.39, 0.29) is 48.0 Å².